The van der Waals surface area contributed by atoms with E-state index in [9.17, 15) is 10.1 Å². The Labute approximate surface area is 178 Å². The first-order valence-corrected chi connectivity index (χ1v) is 10.9. The molecule has 0 amide bonds. The summed E-state index contributed by atoms with van der Waals surface area (Å²) in [5, 5.41) is 10.8. The molecule has 154 valence electrons. The second-order valence-electron chi connectivity index (χ2n) is 8.65. The number of hydrogen-bond donors (Lipinski definition) is 0. The van der Waals surface area contributed by atoms with E-state index in [2.05, 4.69) is 49.1 Å². The lowest BCUT2D eigenvalue weighted by molar-refractivity contribution is 0.611. The minimum absolute atomic E-state index is 0.212. The Kier molecular flexibility index (Phi) is 5.63. The standard InChI is InChI=1S/C26H29N3O/c1-18(2)19-10-12-21(13-11-19)20-7-6-15-29(16-14-20)25-22-8-4-5-9-24(22)28(3)26(30)23(25)17-27/h4-5,8-13,18,20H,6-7,14-16H2,1-3H3/t20-/m0/s1. The molecule has 1 saturated heterocycles. The number of rotatable bonds is 3. The van der Waals surface area contributed by atoms with Gasteiger partial charge in [0.15, 0.2) is 0 Å². The lowest BCUT2D eigenvalue weighted by Gasteiger charge is -2.26. The van der Waals surface area contributed by atoms with Crippen molar-refractivity contribution in [3.05, 3.63) is 75.6 Å². The van der Waals surface area contributed by atoms with Crippen LogP contribution in [0.15, 0.2) is 53.3 Å². The third kappa shape index (κ3) is 3.61. The zero-order chi connectivity index (χ0) is 21.3. The highest BCUT2D eigenvalue weighted by molar-refractivity contribution is 5.94. The van der Waals surface area contributed by atoms with E-state index in [0.29, 0.717) is 11.8 Å². The fourth-order valence-electron chi connectivity index (χ4n) is 4.72. The fourth-order valence-corrected chi connectivity index (χ4v) is 4.72. The largest absolute Gasteiger partial charge is 0.370 e. The zero-order valence-electron chi connectivity index (χ0n) is 18.1. The van der Waals surface area contributed by atoms with Crippen LogP contribution in [0.5, 0.6) is 0 Å². The molecule has 1 aliphatic heterocycles. The van der Waals surface area contributed by atoms with Crippen molar-refractivity contribution in [2.24, 2.45) is 7.05 Å². The van der Waals surface area contributed by atoms with Crippen molar-refractivity contribution in [3.63, 3.8) is 0 Å². The van der Waals surface area contributed by atoms with Gasteiger partial charge in [0.25, 0.3) is 5.56 Å². The average molecular weight is 400 g/mol. The number of anilines is 1. The van der Waals surface area contributed by atoms with E-state index in [1.54, 1.807) is 11.6 Å². The van der Waals surface area contributed by atoms with Gasteiger partial charge in [0, 0.05) is 25.5 Å². The Morgan fingerprint density at radius 1 is 1.03 bits per heavy atom. The van der Waals surface area contributed by atoms with Crippen LogP contribution in [-0.2, 0) is 7.05 Å². The Morgan fingerprint density at radius 3 is 2.47 bits per heavy atom. The van der Waals surface area contributed by atoms with Gasteiger partial charge in [-0.25, -0.2) is 0 Å². The summed E-state index contributed by atoms with van der Waals surface area (Å²) in [7, 11) is 1.74. The van der Waals surface area contributed by atoms with Gasteiger partial charge in [-0.05, 0) is 48.3 Å². The average Bonchev–Trinajstić information content (AvgIpc) is 3.02. The van der Waals surface area contributed by atoms with Gasteiger partial charge in [-0.1, -0.05) is 56.3 Å². The molecule has 0 N–H and O–H groups in total. The van der Waals surface area contributed by atoms with Gasteiger partial charge >= 0.3 is 0 Å². The van der Waals surface area contributed by atoms with E-state index in [1.165, 1.54) is 11.1 Å². The summed E-state index contributed by atoms with van der Waals surface area (Å²) in [4.78, 5) is 15.1. The van der Waals surface area contributed by atoms with Crippen LogP contribution in [-0.4, -0.2) is 17.7 Å². The molecule has 0 unspecified atom stereocenters. The Morgan fingerprint density at radius 2 is 1.77 bits per heavy atom. The van der Waals surface area contributed by atoms with Gasteiger partial charge in [-0.15, -0.1) is 0 Å². The smallest absolute Gasteiger partial charge is 0.270 e. The van der Waals surface area contributed by atoms with E-state index >= 15 is 0 Å². The topological polar surface area (TPSA) is 49.0 Å². The molecular weight excluding hydrogens is 370 g/mol. The zero-order valence-corrected chi connectivity index (χ0v) is 18.1. The van der Waals surface area contributed by atoms with Crippen LogP contribution in [0.1, 0.15) is 61.6 Å². The van der Waals surface area contributed by atoms with Crippen LogP contribution in [0.2, 0.25) is 0 Å². The Bertz CT molecular complexity index is 1150. The summed E-state index contributed by atoms with van der Waals surface area (Å²) >= 11 is 0. The molecule has 3 aromatic rings. The Hall–Kier alpha value is -3.06. The van der Waals surface area contributed by atoms with E-state index < -0.39 is 0 Å². The van der Waals surface area contributed by atoms with Crippen molar-refractivity contribution in [3.8, 4) is 6.07 Å². The number of fused-ring (bicyclic) bond motifs is 1. The normalized spacial score (nSPS) is 17.2. The van der Waals surface area contributed by atoms with E-state index in [0.717, 1.165) is 48.9 Å². The number of hydrogen-bond acceptors (Lipinski definition) is 3. The number of aryl methyl sites for hydroxylation is 1. The van der Waals surface area contributed by atoms with Crippen molar-refractivity contribution in [2.45, 2.75) is 44.9 Å². The molecule has 0 radical (unpaired) electrons. The second kappa shape index (κ2) is 8.36. The Balaban J connectivity index is 1.67. The van der Waals surface area contributed by atoms with Gasteiger partial charge < -0.3 is 9.47 Å². The number of aromatic nitrogens is 1. The van der Waals surface area contributed by atoms with Crippen molar-refractivity contribution < 1.29 is 0 Å². The summed E-state index contributed by atoms with van der Waals surface area (Å²) in [5.74, 6) is 1.06. The van der Waals surface area contributed by atoms with Crippen molar-refractivity contribution in [1.82, 2.24) is 4.57 Å². The molecule has 30 heavy (non-hydrogen) atoms. The van der Waals surface area contributed by atoms with Crippen LogP contribution < -0.4 is 10.5 Å². The van der Waals surface area contributed by atoms with Crippen LogP contribution in [0.25, 0.3) is 10.9 Å². The molecule has 0 saturated carbocycles. The molecule has 4 heteroatoms. The number of nitrogens with zero attached hydrogens (tertiary/aromatic N) is 3. The van der Waals surface area contributed by atoms with Crippen LogP contribution >= 0.6 is 0 Å². The maximum Gasteiger partial charge on any atom is 0.270 e. The van der Waals surface area contributed by atoms with Crippen LogP contribution in [0.3, 0.4) is 0 Å². The minimum atomic E-state index is -0.212. The molecule has 4 rings (SSSR count). The SMILES string of the molecule is CC(C)c1ccc([C@H]2CCCN(c3c(C#N)c(=O)n(C)c4ccccc34)CC2)cc1. The third-order valence-electron chi connectivity index (χ3n) is 6.51. The highest BCUT2D eigenvalue weighted by Gasteiger charge is 2.24. The number of para-hydroxylation sites is 1. The van der Waals surface area contributed by atoms with E-state index in [-0.39, 0.29) is 11.1 Å². The molecule has 4 nitrogen and oxygen atoms in total. The first kappa shape index (κ1) is 20.2. The minimum Gasteiger partial charge on any atom is -0.370 e. The van der Waals surface area contributed by atoms with Gasteiger partial charge in [0.05, 0.1) is 11.2 Å². The molecule has 1 aliphatic rings. The van der Waals surface area contributed by atoms with Gasteiger partial charge in [0.2, 0.25) is 0 Å². The summed E-state index contributed by atoms with van der Waals surface area (Å²) in [5.41, 5.74) is 4.51. The lowest BCUT2D eigenvalue weighted by atomic mass is 9.90. The highest BCUT2D eigenvalue weighted by atomic mass is 16.1. The van der Waals surface area contributed by atoms with E-state index in [4.69, 9.17) is 0 Å². The summed E-state index contributed by atoms with van der Waals surface area (Å²) in [6.07, 6.45) is 3.20. The molecule has 1 atom stereocenters. The maximum atomic E-state index is 12.8. The van der Waals surface area contributed by atoms with Crippen molar-refractivity contribution in [1.29, 1.82) is 5.26 Å². The van der Waals surface area contributed by atoms with Gasteiger partial charge in [-0.2, -0.15) is 5.26 Å². The maximum absolute atomic E-state index is 12.8. The van der Waals surface area contributed by atoms with Gasteiger partial charge in [-0.3, -0.25) is 4.79 Å². The van der Waals surface area contributed by atoms with E-state index in [1.807, 2.05) is 24.3 Å². The first-order valence-electron chi connectivity index (χ1n) is 10.9. The molecule has 1 fully saturated rings. The number of nitriles is 1. The van der Waals surface area contributed by atoms with Crippen molar-refractivity contribution >= 4 is 16.6 Å². The monoisotopic (exact) mass is 399 g/mol. The van der Waals surface area contributed by atoms with Gasteiger partial charge in [0.1, 0.15) is 11.6 Å². The summed E-state index contributed by atoms with van der Waals surface area (Å²) in [6.45, 7) is 6.16. The van der Waals surface area contributed by atoms with Crippen LogP contribution in [0.4, 0.5) is 5.69 Å². The fraction of sp³-hybridized carbons (Fsp3) is 0.385. The van der Waals surface area contributed by atoms with Crippen molar-refractivity contribution in [2.75, 3.05) is 18.0 Å². The quantitative estimate of drug-likeness (QED) is 0.600. The molecule has 0 bridgehead atoms. The summed E-state index contributed by atoms with van der Waals surface area (Å²) < 4.78 is 1.59. The number of pyridine rings is 1. The molecular formula is C26H29N3O. The number of benzene rings is 2. The predicted octanol–water partition coefficient (Wildman–Crippen LogP) is 5.31. The third-order valence-corrected chi connectivity index (χ3v) is 6.51. The highest BCUT2D eigenvalue weighted by Crippen LogP contribution is 2.34. The summed E-state index contributed by atoms with van der Waals surface area (Å²) in [6, 6.07) is 19.2. The first-order chi connectivity index (χ1) is 14.5. The molecule has 2 aromatic carbocycles. The van der Waals surface area contributed by atoms with Crippen LogP contribution in [0, 0.1) is 11.3 Å². The molecule has 2 heterocycles. The lowest BCUT2D eigenvalue weighted by Crippen LogP contribution is -2.30. The molecule has 0 aliphatic carbocycles. The predicted molar refractivity (Wildman–Crippen MR) is 123 cm³/mol. The molecule has 0 spiro atoms. The molecule has 1 aromatic heterocycles. The second-order valence-corrected chi connectivity index (χ2v) is 8.65.